The number of nitrogens with zero attached hydrogens (tertiary/aromatic N) is 3. The lowest BCUT2D eigenvalue weighted by Gasteiger charge is -2.59. The highest BCUT2D eigenvalue weighted by atomic mass is 16.2. The van der Waals surface area contributed by atoms with E-state index in [1.807, 2.05) is 19.1 Å². The van der Waals surface area contributed by atoms with Crippen LogP contribution in [0.5, 0.6) is 0 Å². The Kier molecular flexibility index (Phi) is 9.18. The first-order valence-electron chi connectivity index (χ1n) is 16.1. The maximum atomic E-state index is 14.3. The van der Waals surface area contributed by atoms with E-state index in [9.17, 15) is 9.59 Å². The second kappa shape index (κ2) is 12.6. The molecule has 3 aliphatic rings. The quantitative estimate of drug-likeness (QED) is 0.351. The number of carbonyl (C=O) groups excluding carboxylic acids is 2. The van der Waals surface area contributed by atoms with E-state index in [2.05, 4.69) is 71.2 Å². The predicted molar refractivity (Wildman–Crippen MR) is 166 cm³/mol. The van der Waals surface area contributed by atoms with Crippen LogP contribution < -0.4 is 5.32 Å². The van der Waals surface area contributed by atoms with Gasteiger partial charge in [0.15, 0.2) is 0 Å². The Morgan fingerprint density at radius 2 is 1.80 bits per heavy atom. The molecule has 0 radical (unpaired) electrons. The van der Waals surface area contributed by atoms with E-state index in [1.54, 1.807) is 6.20 Å². The lowest BCUT2D eigenvalue weighted by Crippen LogP contribution is -2.71. The lowest BCUT2D eigenvalue weighted by molar-refractivity contribution is -0.161. The van der Waals surface area contributed by atoms with Crippen molar-refractivity contribution in [2.75, 3.05) is 25.0 Å². The fraction of sp³-hybridized carbons (Fsp3) is 0.629. The van der Waals surface area contributed by atoms with Gasteiger partial charge >= 0.3 is 0 Å². The van der Waals surface area contributed by atoms with Crippen LogP contribution in [0.15, 0.2) is 48.7 Å². The van der Waals surface area contributed by atoms with Gasteiger partial charge in [-0.05, 0) is 86.8 Å². The van der Waals surface area contributed by atoms with Crippen molar-refractivity contribution in [1.82, 2.24) is 14.8 Å². The Labute approximate surface area is 247 Å². The molecule has 2 saturated carbocycles. The van der Waals surface area contributed by atoms with Crippen molar-refractivity contribution >= 4 is 17.5 Å². The molecule has 5 rings (SSSR count). The zero-order valence-electron chi connectivity index (χ0n) is 25.7. The Balaban J connectivity index is 1.42. The summed E-state index contributed by atoms with van der Waals surface area (Å²) in [7, 11) is 0. The average Bonchev–Trinajstić information content (AvgIpc) is 2.94. The molecule has 1 N–H and O–H groups in total. The fourth-order valence-corrected chi connectivity index (χ4v) is 8.08. The van der Waals surface area contributed by atoms with Crippen LogP contribution in [-0.2, 0) is 15.0 Å². The number of anilines is 1. The van der Waals surface area contributed by atoms with Crippen molar-refractivity contribution in [2.24, 2.45) is 11.8 Å². The molecule has 2 heterocycles. The predicted octanol–water partition coefficient (Wildman–Crippen LogP) is 6.74. The van der Waals surface area contributed by atoms with Gasteiger partial charge in [0.1, 0.15) is 0 Å². The smallest absolute Gasteiger partial charge is 0.240 e. The Bertz CT molecular complexity index is 1190. The average molecular weight is 559 g/mol. The fourth-order valence-electron chi connectivity index (χ4n) is 8.08. The highest BCUT2D eigenvalue weighted by Gasteiger charge is 2.54. The van der Waals surface area contributed by atoms with Gasteiger partial charge in [-0.2, -0.15) is 0 Å². The lowest BCUT2D eigenvalue weighted by atomic mass is 9.57. The van der Waals surface area contributed by atoms with Gasteiger partial charge in [-0.15, -0.1) is 0 Å². The molecule has 41 heavy (non-hydrogen) atoms. The van der Waals surface area contributed by atoms with Crippen molar-refractivity contribution in [3.63, 3.8) is 0 Å². The van der Waals surface area contributed by atoms with Crippen LogP contribution >= 0.6 is 0 Å². The van der Waals surface area contributed by atoms with Gasteiger partial charge in [-0.25, -0.2) is 0 Å². The summed E-state index contributed by atoms with van der Waals surface area (Å²) in [5.41, 5.74) is 2.92. The van der Waals surface area contributed by atoms with Gasteiger partial charge in [-0.1, -0.05) is 70.4 Å². The van der Waals surface area contributed by atoms with Crippen LogP contribution in [0.25, 0.3) is 0 Å². The van der Waals surface area contributed by atoms with Gasteiger partial charge in [0.25, 0.3) is 0 Å². The number of nitrogens with one attached hydrogen (secondary N) is 1. The van der Waals surface area contributed by atoms with Crippen molar-refractivity contribution in [3.05, 3.63) is 59.9 Å². The van der Waals surface area contributed by atoms with Gasteiger partial charge in [-0.3, -0.25) is 19.5 Å². The zero-order chi connectivity index (χ0) is 29.0. The van der Waals surface area contributed by atoms with Crippen molar-refractivity contribution in [2.45, 2.75) is 109 Å². The van der Waals surface area contributed by atoms with E-state index >= 15 is 0 Å². The summed E-state index contributed by atoms with van der Waals surface area (Å²) in [6, 6.07) is 14.6. The third-order valence-corrected chi connectivity index (χ3v) is 10.8. The molecule has 6 heteroatoms. The first kappa shape index (κ1) is 29.8. The topological polar surface area (TPSA) is 65.5 Å². The normalized spacial score (nSPS) is 28.0. The monoisotopic (exact) mass is 558 g/mol. The van der Waals surface area contributed by atoms with Gasteiger partial charge in [0.05, 0.1) is 29.5 Å². The summed E-state index contributed by atoms with van der Waals surface area (Å²) in [5, 5.41) is 3.07. The number of pyridine rings is 1. The molecular formula is C35H50N4O2. The van der Waals surface area contributed by atoms with Crippen LogP contribution in [-0.4, -0.2) is 57.8 Å². The second-order valence-corrected chi connectivity index (χ2v) is 13.2. The molecule has 1 aliphatic heterocycles. The molecule has 1 saturated heterocycles. The van der Waals surface area contributed by atoms with E-state index in [4.69, 9.17) is 0 Å². The van der Waals surface area contributed by atoms with Gasteiger partial charge in [0, 0.05) is 19.3 Å². The maximum absolute atomic E-state index is 14.3. The minimum atomic E-state index is -0.249. The standard InChI is InChI=1S/C35H50N4O2/c1-5-12-26(3)35(29-15-8-7-9-16-29)20-18-34(19-21-35)25-38(24-32(40)37-30-17-11-22-36-27(30)4)31(6-2)33(41)39(34)23-28-13-10-14-28/h7-9,11,15-17,22,26,28,31H,5-6,10,12-14,18-21,23-25H2,1-4H3,(H,37,40). The number of hydrogen-bond acceptors (Lipinski definition) is 4. The Morgan fingerprint density at radius 1 is 1.07 bits per heavy atom. The molecular weight excluding hydrogens is 508 g/mol. The number of amides is 2. The molecule has 0 bridgehead atoms. The molecule has 1 spiro atoms. The van der Waals surface area contributed by atoms with Gasteiger partial charge in [0.2, 0.25) is 11.8 Å². The zero-order valence-corrected chi connectivity index (χ0v) is 25.7. The third kappa shape index (κ3) is 5.95. The molecule has 1 aromatic carbocycles. The van der Waals surface area contributed by atoms with Crippen LogP contribution in [0.2, 0.25) is 0 Å². The summed E-state index contributed by atoms with van der Waals surface area (Å²) in [6.45, 7) is 10.6. The van der Waals surface area contributed by atoms with Crippen LogP contribution in [0.4, 0.5) is 5.69 Å². The minimum absolute atomic E-state index is 0.0686. The van der Waals surface area contributed by atoms with E-state index in [1.165, 1.54) is 37.7 Å². The minimum Gasteiger partial charge on any atom is -0.334 e. The molecule has 2 aromatic rings. The Morgan fingerprint density at radius 3 is 2.41 bits per heavy atom. The maximum Gasteiger partial charge on any atom is 0.240 e. The molecule has 2 atom stereocenters. The number of benzene rings is 1. The summed E-state index contributed by atoms with van der Waals surface area (Å²) in [5.74, 6) is 1.38. The molecule has 3 fully saturated rings. The second-order valence-electron chi connectivity index (χ2n) is 13.2. The molecule has 2 aliphatic carbocycles. The van der Waals surface area contributed by atoms with Crippen LogP contribution in [0.3, 0.4) is 0 Å². The van der Waals surface area contributed by atoms with Crippen molar-refractivity contribution in [1.29, 1.82) is 0 Å². The van der Waals surface area contributed by atoms with Crippen LogP contribution in [0, 0.1) is 18.8 Å². The highest BCUT2D eigenvalue weighted by molar-refractivity contribution is 5.93. The first-order chi connectivity index (χ1) is 19.8. The van der Waals surface area contributed by atoms with E-state index in [-0.39, 0.29) is 35.4 Å². The van der Waals surface area contributed by atoms with Crippen molar-refractivity contribution in [3.8, 4) is 0 Å². The SMILES string of the molecule is CCCC(C)C1(c2ccccc2)CCC2(CC1)CN(CC(=O)Nc1cccnc1C)C(CC)C(=O)N2CC1CCC1. The number of hydrogen-bond donors (Lipinski definition) is 1. The number of rotatable bonds is 10. The number of carbonyl (C=O) groups is 2. The summed E-state index contributed by atoms with van der Waals surface area (Å²) in [6.07, 6.45) is 12.7. The molecule has 2 unspecified atom stereocenters. The number of piperazine rings is 1. The number of aryl methyl sites for hydroxylation is 1. The molecule has 222 valence electrons. The molecule has 1 aromatic heterocycles. The Hall–Kier alpha value is -2.73. The largest absolute Gasteiger partial charge is 0.334 e. The van der Waals surface area contributed by atoms with E-state index in [0.29, 0.717) is 11.8 Å². The van der Waals surface area contributed by atoms with Crippen molar-refractivity contribution < 1.29 is 9.59 Å². The third-order valence-electron chi connectivity index (χ3n) is 10.8. The van der Waals surface area contributed by atoms with Crippen LogP contribution in [0.1, 0.15) is 96.2 Å². The summed E-state index contributed by atoms with van der Waals surface area (Å²) >= 11 is 0. The van der Waals surface area contributed by atoms with E-state index < -0.39 is 0 Å². The summed E-state index contributed by atoms with van der Waals surface area (Å²) in [4.78, 5) is 36.5. The van der Waals surface area contributed by atoms with Gasteiger partial charge < -0.3 is 10.2 Å². The van der Waals surface area contributed by atoms with E-state index in [0.717, 1.165) is 56.6 Å². The molecule has 6 nitrogen and oxygen atoms in total. The first-order valence-corrected chi connectivity index (χ1v) is 16.1. The highest BCUT2D eigenvalue weighted by Crippen LogP contribution is 2.52. The number of aromatic nitrogens is 1. The molecule has 2 amide bonds. The summed E-state index contributed by atoms with van der Waals surface area (Å²) < 4.78 is 0.